The summed E-state index contributed by atoms with van der Waals surface area (Å²) in [5.74, 6) is 1.18. The van der Waals surface area contributed by atoms with Crippen molar-refractivity contribution >= 4 is 17.6 Å². The SMILES string of the molecule is O=C(O)CCCN1CCC[C@]1(O)COc1ccc(Oc2ccc(Cl)cc2)cc1. The number of hydrogen-bond donors (Lipinski definition) is 2. The van der Waals surface area contributed by atoms with Crippen molar-refractivity contribution < 1.29 is 24.5 Å². The van der Waals surface area contributed by atoms with E-state index in [2.05, 4.69) is 0 Å². The molecule has 2 N–H and O–H groups in total. The average Bonchev–Trinajstić information content (AvgIpc) is 3.04. The fourth-order valence-electron chi connectivity index (χ4n) is 3.27. The number of carboxylic acid groups (broad SMARTS) is 1. The zero-order valence-electron chi connectivity index (χ0n) is 15.5. The molecule has 150 valence electrons. The predicted octanol–water partition coefficient (Wildman–Crippen LogP) is 4.16. The van der Waals surface area contributed by atoms with E-state index in [4.69, 9.17) is 26.2 Å². The van der Waals surface area contributed by atoms with E-state index in [1.165, 1.54) is 0 Å². The van der Waals surface area contributed by atoms with Crippen LogP contribution in [0.4, 0.5) is 0 Å². The Morgan fingerprint density at radius 2 is 1.68 bits per heavy atom. The quantitative estimate of drug-likeness (QED) is 0.652. The van der Waals surface area contributed by atoms with Crippen LogP contribution in [0.5, 0.6) is 17.2 Å². The van der Waals surface area contributed by atoms with Crippen molar-refractivity contribution in [2.45, 2.75) is 31.4 Å². The van der Waals surface area contributed by atoms with Crippen LogP contribution in [0, 0.1) is 0 Å². The van der Waals surface area contributed by atoms with E-state index in [0.29, 0.717) is 41.7 Å². The number of likely N-dealkylation sites (tertiary alicyclic amines) is 1. The molecule has 1 aliphatic rings. The lowest BCUT2D eigenvalue weighted by molar-refractivity contribution is -0.138. The number of halogens is 1. The van der Waals surface area contributed by atoms with E-state index in [9.17, 15) is 9.90 Å². The first-order valence-electron chi connectivity index (χ1n) is 9.30. The summed E-state index contributed by atoms with van der Waals surface area (Å²) < 4.78 is 11.5. The number of aliphatic carboxylic acids is 1. The first-order valence-corrected chi connectivity index (χ1v) is 9.68. The molecule has 3 rings (SSSR count). The highest BCUT2D eigenvalue weighted by atomic mass is 35.5. The summed E-state index contributed by atoms with van der Waals surface area (Å²) in [5.41, 5.74) is -1.06. The van der Waals surface area contributed by atoms with Crippen LogP contribution in [0.3, 0.4) is 0 Å². The molecule has 7 heteroatoms. The van der Waals surface area contributed by atoms with Crippen molar-refractivity contribution in [1.82, 2.24) is 4.90 Å². The first kappa shape index (κ1) is 20.5. The second-order valence-electron chi connectivity index (χ2n) is 6.89. The van der Waals surface area contributed by atoms with Gasteiger partial charge in [0.25, 0.3) is 0 Å². The zero-order chi connectivity index (χ0) is 20.0. The normalized spacial score (nSPS) is 19.5. The van der Waals surface area contributed by atoms with Gasteiger partial charge in [-0.2, -0.15) is 0 Å². The third kappa shape index (κ3) is 5.61. The molecular weight excluding hydrogens is 382 g/mol. The zero-order valence-corrected chi connectivity index (χ0v) is 16.3. The highest BCUT2D eigenvalue weighted by Gasteiger charge is 2.39. The van der Waals surface area contributed by atoms with E-state index in [-0.39, 0.29) is 13.0 Å². The molecule has 0 radical (unpaired) electrons. The lowest BCUT2D eigenvalue weighted by atomic mass is 10.1. The van der Waals surface area contributed by atoms with Gasteiger partial charge in [0.2, 0.25) is 0 Å². The summed E-state index contributed by atoms with van der Waals surface area (Å²) in [6.45, 7) is 1.42. The van der Waals surface area contributed by atoms with Crippen LogP contribution in [0.15, 0.2) is 48.5 Å². The highest BCUT2D eigenvalue weighted by molar-refractivity contribution is 6.30. The minimum absolute atomic E-state index is 0.0997. The Labute approximate surface area is 169 Å². The average molecular weight is 406 g/mol. The van der Waals surface area contributed by atoms with Crippen molar-refractivity contribution in [2.24, 2.45) is 0 Å². The van der Waals surface area contributed by atoms with Gasteiger partial charge in [0, 0.05) is 24.5 Å². The smallest absolute Gasteiger partial charge is 0.303 e. The third-order valence-electron chi connectivity index (χ3n) is 4.76. The van der Waals surface area contributed by atoms with E-state index < -0.39 is 11.7 Å². The fraction of sp³-hybridized carbons (Fsp3) is 0.381. The Balaban J connectivity index is 1.52. The van der Waals surface area contributed by atoms with E-state index in [1.807, 2.05) is 4.90 Å². The summed E-state index contributed by atoms with van der Waals surface area (Å²) >= 11 is 5.87. The van der Waals surface area contributed by atoms with E-state index in [0.717, 1.165) is 13.0 Å². The van der Waals surface area contributed by atoms with E-state index >= 15 is 0 Å². The third-order valence-corrected chi connectivity index (χ3v) is 5.01. The molecule has 0 bridgehead atoms. The number of rotatable bonds is 9. The van der Waals surface area contributed by atoms with Crippen LogP contribution in [-0.4, -0.2) is 46.5 Å². The predicted molar refractivity (Wildman–Crippen MR) is 106 cm³/mol. The summed E-state index contributed by atoms with van der Waals surface area (Å²) in [7, 11) is 0. The molecule has 2 aromatic rings. The minimum atomic E-state index is -1.06. The minimum Gasteiger partial charge on any atom is -0.489 e. The molecule has 6 nitrogen and oxygen atoms in total. The van der Waals surface area contributed by atoms with Gasteiger partial charge in [0.15, 0.2) is 5.72 Å². The molecule has 1 heterocycles. The van der Waals surface area contributed by atoms with Crippen molar-refractivity contribution in [2.75, 3.05) is 19.7 Å². The van der Waals surface area contributed by atoms with Crippen LogP contribution in [0.2, 0.25) is 5.02 Å². The maximum absolute atomic E-state index is 10.9. The second kappa shape index (κ2) is 9.28. The summed E-state index contributed by atoms with van der Waals surface area (Å²) in [6.07, 6.45) is 2.08. The number of carboxylic acids is 1. The number of hydrogen-bond acceptors (Lipinski definition) is 5. The van der Waals surface area contributed by atoms with Gasteiger partial charge in [-0.3, -0.25) is 9.69 Å². The number of benzene rings is 2. The van der Waals surface area contributed by atoms with Crippen LogP contribution >= 0.6 is 11.6 Å². The standard InChI is InChI=1S/C21H24ClNO5/c22-16-4-6-18(7-5-16)28-19-10-8-17(9-11-19)27-15-21(26)12-2-14-23(21)13-1-3-20(24)25/h4-11,26H,1-3,12-15H2,(H,24,25)/t21-/m0/s1. The number of aliphatic hydroxyl groups is 1. The molecule has 28 heavy (non-hydrogen) atoms. The maximum Gasteiger partial charge on any atom is 0.303 e. The molecule has 0 aliphatic carbocycles. The fourth-order valence-corrected chi connectivity index (χ4v) is 3.39. The summed E-state index contributed by atoms with van der Waals surface area (Å²) in [4.78, 5) is 12.6. The summed E-state index contributed by atoms with van der Waals surface area (Å²) in [6, 6.07) is 14.3. The highest BCUT2D eigenvalue weighted by Crippen LogP contribution is 2.29. The van der Waals surface area contributed by atoms with Crippen LogP contribution in [-0.2, 0) is 4.79 Å². The van der Waals surface area contributed by atoms with E-state index in [1.54, 1.807) is 48.5 Å². The van der Waals surface area contributed by atoms with Crippen molar-refractivity contribution in [3.8, 4) is 17.2 Å². The molecule has 0 saturated carbocycles. The molecule has 1 fully saturated rings. The van der Waals surface area contributed by atoms with Crippen molar-refractivity contribution in [1.29, 1.82) is 0 Å². The topological polar surface area (TPSA) is 79.2 Å². The molecule has 0 amide bonds. The van der Waals surface area contributed by atoms with Crippen LogP contribution < -0.4 is 9.47 Å². The molecular formula is C21H24ClNO5. The Morgan fingerprint density at radius 1 is 1.07 bits per heavy atom. The van der Waals surface area contributed by atoms with Gasteiger partial charge >= 0.3 is 5.97 Å². The van der Waals surface area contributed by atoms with Gasteiger partial charge in [-0.1, -0.05) is 11.6 Å². The van der Waals surface area contributed by atoms with Gasteiger partial charge in [-0.25, -0.2) is 0 Å². The monoisotopic (exact) mass is 405 g/mol. The molecule has 1 aliphatic heterocycles. The largest absolute Gasteiger partial charge is 0.489 e. The Kier molecular flexibility index (Phi) is 6.78. The lowest BCUT2D eigenvalue weighted by Gasteiger charge is -2.33. The number of nitrogens with zero attached hydrogens (tertiary/aromatic N) is 1. The number of ether oxygens (including phenoxy) is 2. The molecule has 0 spiro atoms. The van der Waals surface area contributed by atoms with Crippen molar-refractivity contribution in [3.05, 3.63) is 53.6 Å². The second-order valence-corrected chi connectivity index (χ2v) is 7.32. The number of carbonyl (C=O) groups is 1. The summed E-state index contributed by atoms with van der Waals surface area (Å²) in [5, 5.41) is 20.3. The molecule has 1 atom stereocenters. The Morgan fingerprint density at radius 3 is 2.32 bits per heavy atom. The van der Waals surface area contributed by atoms with Crippen LogP contribution in [0.1, 0.15) is 25.7 Å². The van der Waals surface area contributed by atoms with Crippen molar-refractivity contribution in [3.63, 3.8) is 0 Å². The maximum atomic E-state index is 10.9. The molecule has 0 unspecified atom stereocenters. The van der Waals surface area contributed by atoms with Gasteiger partial charge in [0.05, 0.1) is 0 Å². The first-order chi connectivity index (χ1) is 13.4. The van der Waals surface area contributed by atoms with Gasteiger partial charge in [-0.15, -0.1) is 0 Å². The lowest BCUT2D eigenvalue weighted by Crippen LogP contribution is -2.48. The molecule has 2 aromatic carbocycles. The van der Waals surface area contributed by atoms with Gasteiger partial charge in [-0.05, 0) is 67.8 Å². The Bertz CT molecular complexity index is 780. The molecule has 0 aromatic heterocycles. The van der Waals surface area contributed by atoms with Gasteiger partial charge < -0.3 is 19.7 Å². The molecule has 1 saturated heterocycles. The van der Waals surface area contributed by atoms with Crippen LogP contribution in [0.25, 0.3) is 0 Å². The Hall–Kier alpha value is -2.28. The van der Waals surface area contributed by atoms with Gasteiger partial charge in [0.1, 0.15) is 23.9 Å².